The van der Waals surface area contributed by atoms with Crippen LogP contribution < -0.4 is 5.32 Å². The first-order valence-electron chi connectivity index (χ1n) is 7.81. The van der Waals surface area contributed by atoms with Crippen LogP contribution in [0.3, 0.4) is 0 Å². The van der Waals surface area contributed by atoms with Gasteiger partial charge in [0.1, 0.15) is 0 Å². The topological polar surface area (TPSA) is 29.9 Å². The molecule has 0 aliphatic heterocycles. The number of hydrogen-bond donors (Lipinski definition) is 1. The molecule has 3 nitrogen and oxygen atoms in total. The summed E-state index contributed by atoms with van der Waals surface area (Å²) < 4.78 is 2.06. The third-order valence-electron chi connectivity index (χ3n) is 4.34. The molecule has 2 rings (SSSR count). The third-order valence-corrected chi connectivity index (χ3v) is 4.34. The number of nitrogens with one attached hydrogen (secondary N) is 1. The second-order valence-corrected chi connectivity index (χ2v) is 6.57. The molecule has 108 valence electrons. The van der Waals surface area contributed by atoms with Crippen LogP contribution in [0.25, 0.3) is 0 Å². The maximum Gasteiger partial charge on any atom is 0.0947 e. The molecule has 0 amide bonds. The molecule has 1 heterocycles. The largest absolute Gasteiger partial charge is 0.340 e. The van der Waals surface area contributed by atoms with E-state index in [0.29, 0.717) is 6.04 Å². The molecular weight excluding hydrogens is 234 g/mol. The average molecular weight is 263 g/mol. The lowest BCUT2D eigenvalue weighted by Gasteiger charge is -2.36. The van der Waals surface area contributed by atoms with E-state index in [-0.39, 0.29) is 0 Å². The highest BCUT2D eigenvalue weighted by molar-refractivity contribution is 5.06. The van der Waals surface area contributed by atoms with Crippen LogP contribution in [0.5, 0.6) is 0 Å². The van der Waals surface area contributed by atoms with Crippen molar-refractivity contribution in [1.29, 1.82) is 0 Å². The van der Waals surface area contributed by atoms with Gasteiger partial charge in [0.2, 0.25) is 0 Å². The van der Waals surface area contributed by atoms with Crippen molar-refractivity contribution in [3.8, 4) is 0 Å². The Bertz CT molecular complexity index is 375. The highest BCUT2D eigenvalue weighted by Gasteiger charge is 2.31. The maximum atomic E-state index is 4.59. The lowest BCUT2D eigenvalue weighted by molar-refractivity contribution is 0.175. The summed E-state index contributed by atoms with van der Waals surface area (Å²) in [4.78, 5) is 4.59. The Balaban J connectivity index is 2.12. The lowest BCUT2D eigenvalue weighted by atomic mass is 9.73. The molecule has 3 atom stereocenters. The van der Waals surface area contributed by atoms with Gasteiger partial charge in [-0.3, -0.25) is 0 Å². The Kier molecular flexibility index (Phi) is 5.03. The SMILES string of the molecule is CCCNC(c1cn(C)cn1)C1CC(C)CC(C)C1. The van der Waals surface area contributed by atoms with E-state index in [0.717, 1.165) is 24.3 Å². The van der Waals surface area contributed by atoms with E-state index in [1.807, 2.05) is 6.33 Å². The van der Waals surface area contributed by atoms with Gasteiger partial charge in [0, 0.05) is 13.2 Å². The summed E-state index contributed by atoms with van der Waals surface area (Å²) in [6.07, 6.45) is 9.34. The van der Waals surface area contributed by atoms with E-state index in [9.17, 15) is 0 Å². The number of nitrogens with zero attached hydrogens (tertiary/aromatic N) is 2. The fourth-order valence-electron chi connectivity index (χ4n) is 3.69. The minimum atomic E-state index is 0.436. The lowest BCUT2D eigenvalue weighted by Crippen LogP contribution is -2.34. The Morgan fingerprint density at radius 2 is 2.00 bits per heavy atom. The van der Waals surface area contributed by atoms with Gasteiger partial charge in [-0.15, -0.1) is 0 Å². The van der Waals surface area contributed by atoms with Crippen molar-refractivity contribution in [3.63, 3.8) is 0 Å². The summed E-state index contributed by atoms with van der Waals surface area (Å²) in [5, 5.41) is 3.73. The molecule has 0 aromatic carbocycles. The van der Waals surface area contributed by atoms with E-state index in [1.165, 1.54) is 31.4 Å². The summed E-state index contributed by atoms with van der Waals surface area (Å²) in [7, 11) is 2.06. The van der Waals surface area contributed by atoms with Gasteiger partial charge >= 0.3 is 0 Å². The molecule has 0 radical (unpaired) electrons. The van der Waals surface area contributed by atoms with E-state index < -0.39 is 0 Å². The minimum absolute atomic E-state index is 0.436. The standard InChI is InChI=1S/C16H29N3/c1-5-6-17-16(15-10-19(4)11-18-15)14-8-12(2)7-13(3)9-14/h10-14,16-17H,5-9H2,1-4H3. The molecule has 1 aromatic heterocycles. The van der Waals surface area contributed by atoms with Crippen molar-refractivity contribution in [2.45, 2.75) is 52.5 Å². The first kappa shape index (κ1) is 14.6. The highest BCUT2D eigenvalue weighted by Crippen LogP contribution is 2.39. The fourth-order valence-corrected chi connectivity index (χ4v) is 3.69. The van der Waals surface area contributed by atoms with Crippen molar-refractivity contribution in [2.75, 3.05) is 6.54 Å². The van der Waals surface area contributed by atoms with Crippen molar-refractivity contribution in [1.82, 2.24) is 14.9 Å². The van der Waals surface area contributed by atoms with Crippen LogP contribution in [0.15, 0.2) is 12.5 Å². The molecule has 1 fully saturated rings. The molecule has 19 heavy (non-hydrogen) atoms. The molecule has 1 aromatic rings. The predicted octanol–water partition coefficient (Wildman–Crippen LogP) is 3.53. The molecule has 0 saturated heterocycles. The van der Waals surface area contributed by atoms with Gasteiger partial charge in [-0.2, -0.15) is 0 Å². The number of aryl methyl sites for hydroxylation is 1. The first-order valence-corrected chi connectivity index (χ1v) is 7.81. The van der Waals surface area contributed by atoms with Crippen LogP contribution >= 0.6 is 0 Å². The summed E-state index contributed by atoms with van der Waals surface area (Å²) in [6.45, 7) is 8.12. The molecule has 3 unspecified atom stereocenters. The van der Waals surface area contributed by atoms with E-state index in [2.05, 4.69) is 48.9 Å². The number of rotatable bonds is 5. The van der Waals surface area contributed by atoms with Gasteiger partial charge in [-0.05, 0) is 50.0 Å². The highest BCUT2D eigenvalue weighted by atomic mass is 15.0. The molecular formula is C16H29N3. The van der Waals surface area contributed by atoms with Gasteiger partial charge in [0.15, 0.2) is 0 Å². The van der Waals surface area contributed by atoms with E-state index in [4.69, 9.17) is 0 Å². The smallest absolute Gasteiger partial charge is 0.0947 e. The number of imidazole rings is 1. The fraction of sp³-hybridized carbons (Fsp3) is 0.812. The number of hydrogen-bond acceptors (Lipinski definition) is 2. The molecule has 1 saturated carbocycles. The first-order chi connectivity index (χ1) is 9.10. The normalized spacial score (nSPS) is 29.4. The van der Waals surface area contributed by atoms with Crippen molar-refractivity contribution >= 4 is 0 Å². The summed E-state index contributed by atoms with van der Waals surface area (Å²) in [6, 6.07) is 0.436. The zero-order chi connectivity index (χ0) is 13.8. The van der Waals surface area contributed by atoms with Crippen LogP contribution in [0.1, 0.15) is 58.2 Å². The zero-order valence-electron chi connectivity index (χ0n) is 12.9. The molecule has 1 N–H and O–H groups in total. The molecule has 0 spiro atoms. The van der Waals surface area contributed by atoms with Crippen LogP contribution in [0.4, 0.5) is 0 Å². The van der Waals surface area contributed by atoms with E-state index >= 15 is 0 Å². The van der Waals surface area contributed by atoms with Crippen LogP contribution in [0, 0.1) is 17.8 Å². The molecule has 0 bridgehead atoms. The summed E-state index contributed by atoms with van der Waals surface area (Å²) in [5.74, 6) is 2.44. The monoisotopic (exact) mass is 263 g/mol. The van der Waals surface area contributed by atoms with Crippen LogP contribution in [-0.2, 0) is 7.05 Å². The summed E-state index contributed by atoms with van der Waals surface area (Å²) in [5.41, 5.74) is 1.22. The van der Waals surface area contributed by atoms with Gasteiger partial charge in [0.05, 0.1) is 18.1 Å². The van der Waals surface area contributed by atoms with Crippen molar-refractivity contribution < 1.29 is 0 Å². The third kappa shape index (κ3) is 3.82. The van der Waals surface area contributed by atoms with Crippen molar-refractivity contribution in [3.05, 3.63) is 18.2 Å². The maximum absolute atomic E-state index is 4.59. The molecule has 3 heteroatoms. The van der Waals surface area contributed by atoms with Gasteiger partial charge in [-0.1, -0.05) is 20.8 Å². The zero-order valence-corrected chi connectivity index (χ0v) is 12.9. The number of aromatic nitrogens is 2. The van der Waals surface area contributed by atoms with E-state index in [1.54, 1.807) is 0 Å². The molecule has 1 aliphatic carbocycles. The Morgan fingerprint density at radius 1 is 1.32 bits per heavy atom. The van der Waals surface area contributed by atoms with Gasteiger partial charge < -0.3 is 9.88 Å². The average Bonchev–Trinajstić information content (AvgIpc) is 2.75. The Morgan fingerprint density at radius 3 is 2.53 bits per heavy atom. The second-order valence-electron chi connectivity index (χ2n) is 6.57. The van der Waals surface area contributed by atoms with Gasteiger partial charge in [-0.25, -0.2) is 4.98 Å². The Labute approximate surface area is 117 Å². The summed E-state index contributed by atoms with van der Waals surface area (Å²) >= 11 is 0. The van der Waals surface area contributed by atoms with Crippen LogP contribution in [-0.4, -0.2) is 16.1 Å². The predicted molar refractivity (Wildman–Crippen MR) is 79.9 cm³/mol. The van der Waals surface area contributed by atoms with Crippen molar-refractivity contribution in [2.24, 2.45) is 24.8 Å². The quantitative estimate of drug-likeness (QED) is 0.880. The Hall–Kier alpha value is -0.830. The minimum Gasteiger partial charge on any atom is -0.340 e. The van der Waals surface area contributed by atoms with Crippen LogP contribution in [0.2, 0.25) is 0 Å². The second kappa shape index (κ2) is 6.56. The molecule has 1 aliphatic rings. The van der Waals surface area contributed by atoms with Gasteiger partial charge in [0.25, 0.3) is 0 Å².